The predicted molar refractivity (Wildman–Crippen MR) is 87.8 cm³/mol. The van der Waals surface area contributed by atoms with Crippen molar-refractivity contribution in [3.05, 3.63) is 66.2 Å². The number of rotatable bonds is 3. The van der Waals surface area contributed by atoms with E-state index in [9.17, 15) is 9.18 Å². The zero-order chi connectivity index (χ0) is 16.4. The third-order valence-electron chi connectivity index (χ3n) is 3.87. The zero-order valence-electron chi connectivity index (χ0n) is 12.9. The van der Waals surface area contributed by atoms with Gasteiger partial charge in [0.05, 0.1) is 11.7 Å². The van der Waals surface area contributed by atoms with E-state index >= 15 is 0 Å². The summed E-state index contributed by atoms with van der Waals surface area (Å²) in [5.74, 6) is 0.211. The molecule has 0 bridgehead atoms. The molecular formula is C18H17FN2O2. The lowest BCUT2D eigenvalue weighted by atomic mass is 10.2. The largest absolute Gasteiger partial charge is 0.459 e. The van der Waals surface area contributed by atoms with Crippen LogP contribution in [0, 0.1) is 5.82 Å². The minimum Gasteiger partial charge on any atom is -0.459 e. The molecule has 1 N–H and O–H groups in total. The molecule has 0 fully saturated rings. The fourth-order valence-corrected chi connectivity index (χ4v) is 2.34. The van der Waals surface area contributed by atoms with E-state index in [1.54, 1.807) is 19.2 Å². The van der Waals surface area contributed by atoms with Crippen molar-refractivity contribution < 1.29 is 13.6 Å². The highest BCUT2D eigenvalue weighted by Crippen LogP contribution is 2.27. The first-order chi connectivity index (χ1) is 11.1. The smallest absolute Gasteiger partial charge is 0.322 e. The van der Waals surface area contributed by atoms with Gasteiger partial charge in [-0.3, -0.25) is 0 Å². The predicted octanol–water partition coefficient (Wildman–Crippen LogP) is 4.80. The van der Waals surface area contributed by atoms with Gasteiger partial charge in [0, 0.05) is 12.4 Å². The van der Waals surface area contributed by atoms with Crippen LogP contribution in [0.5, 0.6) is 0 Å². The summed E-state index contributed by atoms with van der Waals surface area (Å²) in [4.78, 5) is 13.8. The van der Waals surface area contributed by atoms with E-state index in [0.29, 0.717) is 5.76 Å². The van der Waals surface area contributed by atoms with Crippen molar-refractivity contribution in [2.45, 2.75) is 13.0 Å². The van der Waals surface area contributed by atoms with Crippen LogP contribution in [0.25, 0.3) is 11.0 Å². The summed E-state index contributed by atoms with van der Waals surface area (Å²) in [6.07, 6.45) is 0. The van der Waals surface area contributed by atoms with Crippen molar-refractivity contribution >= 4 is 22.7 Å². The van der Waals surface area contributed by atoms with Gasteiger partial charge < -0.3 is 14.6 Å². The first-order valence-corrected chi connectivity index (χ1v) is 7.33. The molecule has 0 unspecified atom stereocenters. The Bertz CT molecular complexity index is 811. The van der Waals surface area contributed by atoms with Crippen LogP contribution < -0.4 is 5.32 Å². The summed E-state index contributed by atoms with van der Waals surface area (Å²) in [5.41, 5.74) is 0.929. The average Bonchev–Trinajstić information content (AvgIpc) is 2.99. The topological polar surface area (TPSA) is 45.5 Å². The Morgan fingerprint density at radius 2 is 1.87 bits per heavy atom. The van der Waals surface area contributed by atoms with Crippen LogP contribution in [0.3, 0.4) is 0 Å². The lowest BCUT2D eigenvalue weighted by Crippen LogP contribution is -2.33. The molecule has 3 aromatic rings. The first kappa shape index (κ1) is 15.1. The maximum absolute atomic E-state index is 13.6. The Morgan fingerprint density at radius 3 is 2.61 bits per heavy atom. The maximum Gasteiger partial charge on any atom is 0.322 e. The maximum atomic E-state index is 13.6. The molecule has 0 spiro atoms. The van der Waals surface area contributed by atoms with Gasteiger partial charge in [-0.2, -0.15) is 0 Å². The number of hydrogen-bond donors (Lipinski definition) is 1. The van der Waals surface area contributed by atoms with E-state index in [4.69, 9.17) is 4.42 Å². The van der Waals surface area contributed by atoms with Gasteiger partial charge in [0.15, 0.2) is 0 Å². The van der Waals surface area contributed by atoms with Crippen LogP contribution >= 0.6 is 0 Å². The summed E-state index contributed by atoms with van der Waals surface area (Å²) in [7, 11) is 1.65. The van der Waals surface area contributed by atoms with Crippen LogP contribution in [0.1, 0.15) is 18.7 Å². The van der Waals surface area contributed by atoms with Crippen LogP contribution in [-0.2, 0) is 0 Å². The molecule has 23 heavy (non-hydrogen) atoms. The molecule has 0 aliphatic rings. The summed E-state index contributed by atoms with van der Waals surface area (Å²) < 4.78 is 19.4. The number of anilines is 1. The van der Waals surface area contributed by atoms with Crippen molar-refractivity contribution in [1.29, 1.82) is 0 Å². The van der Waals surface area contributed by atoms with Gasteiger partial charge in [0.25, 0.3) is 0 Å². The lowest BCUT2D eigenvalue weighted by molar-refractivity contribution is 0.201. The van der Waals surface area contributed by atoms with Gasteiger partial charge in [0.1, 0.15) is 17.2 Å². The number of fused-ring (bicyclic) bond motifs is 1. The fraction of sp³-hybridized carbons (Fsp3) is 0.167. The highest BCUT2D eigenvalue weighted by molar-refractivity contribution is 5.89. The minimum absolute atomic E-state index is 0.154. The summed E-state index contributed by atoms with van der Waals surface area (Å²) in [6.45, 7) is 1.86. The van der Waals surface area contributed by atoms with E-state index < -0.39 is 11.8 Å². The average molecular weight is 312 g/mol. The number of nitrogens with zero attached hydrogens (tertiary/aromatic N) is 1. The Kier molecular flexibility index (Phi) is 4.02. The quantitative estimate of drug-likeness (QED) is 0.755. The molecule has 5 heteroatoms. The van der Waals surface area contributed by atoms with Gasteiger partial charge in [-0.05, 0) is 31.2 Å². The molecule has 2 aromatic carbocycles. The highest BCUT2D eigenvalue weighted by Gasteiger charge is 2.21. The number of furan rings is 1. The van der Waals surface area contributed by atoms with E-state index in [1.807, 2.05) is 37.3 Å². The molecule has 1 aromatic heterocycles. The molecule has 4 nitrogen and oxygen atoms in total. The monoisotopic (exact) mass is 312 g/mol. The number of para-hydroxylation sites is 2. The molecule has 0 aliphatic heterocycles. The number of nitrogens with one attached hydrogen (secondary N) is 1. The van der Waals surface area contributed by atoms with Gasteiger partial charge in [-0.25, -0.2) is 9.18 Å². The fourth-order valence-electron chi connectivity index (χ4n) is 2.34. The Balaban J connectivity index is 1.77. The highest BCUT2D eigenvalue weighted by atomic mass is 19.1. The lowest BCUT2D eigenvalue weighted by Gasteiger charge is -2.23. The molecule has 0 saturated carbocycles. The zero-order valence-corrected chi connectivity index (χ0v) is 12.9. The molecule has 0 radical (unpaired) electrons. The number of halogens is 1. The first-order valence-electron chi connectivity index (χ1n) is 7.33. The Morgan fingerprint density at radius 1 is 1.17 bits per heavy atom. The van der Waals surface area contributed by atoms with Crippen molar-refractivity contribution in [2.24, 2.45) is 0 Å². The molecule has 1 heterocycles. The van der Waals surface area contributed by atoms with E-state index in [1.165, 1.54) is 17.0 Å². The summed E-state index contributed by atoms with van der Waals surface area (Å²) in [5, 5.41) is 3.55. The molecule has 2 amide bonds. The Hall–Kier alpha value is -2.82. The van der Waals surface area contributed by atoms with Crippen molar-refractivity contribution in [1.82, 2.24) is 4.90 Å². The number of urea groups is 1. The normalized spacial score (nSPS) is 12.1. The van der Waals surface area contributed by atoms with Crippen molar-refractivity contribution in [2.75, 3.05) is 12.4 Å². The molecule has 3 rings (SSSR count). The molecule has 1 atom stereocenters. The SMILES string of the molecule is C[C@@H](c1cc2ccccc2o1)N(C)C(=O)Nc1ccccc1F. The summed E-state index contributed by atoms with van der Waals surface area (Å²) >= 11 is 0. The van der Waals surface area contributed by atoms with Crippen LogP contribution in [0.15, 0.2) is 59.0 Å². The molecular weight excluding hydrogens is 295 g/mol. The summed E-state index contributed by atoms with van der Waals surface area (Å²) in [6, 6.07) is 15.0. The molecule has 118 valence electrons. The van der Waals surface area contributed by atoms with E-state index in [0.717, 1.165) is 11.0 Å². The Labute approximate surface area is 133 Å². The molecule has 0 saturated heterocycles. The third-order valence-corrected chi connectivity index (χ3v) is 3.87. The molecule has 0 aliphatic carbocycles. The number of amides is 2. The standard InChI is InChI=1S/C18H17FN2O2/c1-12(17-11-13-7-3-6-10-16(13)23-17)21(2)18(22)20-15-9-5-4-8-14(15)19/h3-12H,1-2H3,(H,20,22)/t12-/m0/s1. The van der Waals surface area contributed by atoms with Gasteiger partial charge in [0.2, 0.25) is 0 Å². The number of carbonyl (C=O) groups is 1. The van der Waals surface area contributed by atoms with Gasteiger partial charge >= 0.3 is 6.03 Å². The van der Waals surface area contributed by atoms with Crippen LogP contribution in [-0.4, -0.2) is 18.0 Å². The third kappa shape index (κ3) is 3.04. The van der Waals surface area contributed by atoms with E-state index in [2.05, 4.69) is 5.32 Å². The van der Waals surface area contributed by atoms with Crippen molar-refractivity contribution in [3.8, 4) is 0 Å². The van der Waals surface area contributed by atoms with Crippen LogP contribution in [0.4, 0.5) is 14.9 Å². The van der Waals surface area contributed by atoms with Gasteiger partial charge in [-0.1, -0.05) is 30.3 Å². The van der Waals surface area contributed by atoms with Gasteiger partial charge in [-0.15, -0.1) is 0 Å². The number of benzene rings is 2. The van der Waals surface area contributed by atoms with E-state index in [-0.39, 0.29) is 11.7 Å². The minimum atomic E-state index is -0.467. The second-order valence-corrected chi connectivity index (χ2v) is 5.38. The second kappa shape index (κ2) is 6.12. The van der Waals surface area contributed by atoms with Crippen LogP contribution in [0.2, 0.25) is 0 Å². The second-order valence-electron chi connectivity index (χ2n) is 5.38. The number of carbonyl (C=O) groups excluding carboxylic acids is 1. The van der Waals surface area contributed by atoms with Crippen molar-refractivity contribution in [3.63, 3.8) is 0 Å². The number of hydrogen-bond acceptors (Lipinski definition) is 2.